The number of rotatable bonds is 2. The third kappa shape index (κ3) is 3.67. The summed E-state index contributed by atoms with van der Waals surface area (Å²) < 4.78 is 2.19. The number of aromatic nitrogens is 1. The van der Waals surface area contributed by atoms with Crippen molar-refractivity contribution in [3.63, 3.8) is 0 Å². The fraction of sp³-hybridized carbons (Fsp3) is 0.148. The number of fused-ring (bicyclic) bond motifs is 3. The number of anilines is 1. The molecule has 0 saturated heterocycles. The molecule has 0 fully saturated rings. The molecule has 0 saturated carbocycles. The summed E-state index contributed by atoms with van der Waals surface area (Å²) in [4.78, 5) is 15.6. The second-order valence-corrected chi connectivity index (χ2v) is 8.70. The number of para-hydroxylation sites is 1. The van der Waals surface area contributed by atoms with Crippen LogP contribution in [-0.2, 0) is 6.54 Å². The molecule has 4 aromatic rings. The fourth-order valence-corrected chi connectivity index (χ4v) is 4.72. The molecule has 0 bridgehead atoms. The number of carbonyl (C=O) groups excluding carboxylic acids is 1. The van der Waals surface area contributed by atoms with Crippen LogP contribution >= 0.6 is 11.6 Å². The van der Waals surface area contributed by atoms with Crippen LogP contribution in [0.25, 0.3) is 5.69 Å². The van der Waals surface area contributed by atoms with Crippen molar-refractivity contribution in [2.45, 2.75) is 26.4 Å². The first-order valence-corrected chi connectivity index (χ1v) is 11.0. The van der Waals surface area contributed by atoms with E-state index in [9.17, 15) is 4.79 Å². The molecule has 3 aromatic carbocycles. The zero-order chi connectivity index (χ0) is 22.2. The zero-order valence-electron chi connectivity index (χ0n) is 18.0. The van der Waals surface area contributed by atoms with Crippen molar-refractivity contribution in [3.05, 3.63) is 118 Å². The topological polar surface area (TPSA) is 37.3 Å². The molecule has 1 aliphatic heterocycles. The second-order valence-electron chi connectivity index (χ2n) is 8.29. The number of hydrogen-bond donors (Lipinski definition) is 1. The molecule has 1 aromatic heterocycles. The number of carbonyl (C=O) groups is 1. The number of amides is 2. The normalized spacial score (nSPS) is 15.0. The van der Waals surface area contributed by atoms with E-state index in [1.165, 1.54) is 0 Å². The molecule has 0 radical (unpaired) electrons. The Balaban J connectivity index is 1.64. The van der Waals surface area contributed by atoms with Crippen LogP contribution in [-0.4, -0.2) is 15.5 Å². The molecule has 5 rings (SSSR count). The summed E-state index contributed by atoms with van der Waals surface area (Å²) in [5.74, 6) is 0. The molecule has 4 nitrogen and oxygen atoms in total. The van der Waals surface area contributed by atoms with Gasteiger partial charge in [-0.1, -0.05) is 65.7 Å². The lowest BCUT2D eigenvalue weighted by atomic mass is 10.00. The second kappa shape index (κ2) is 8.21. The molecule has 1 aliphatic rings. The van der Waals surface area contributed by atoms with E-state index in [1.54, 1.807) is 0 Å². The number of benzene rings is 3. The van der Waals surface area contributed by atoms with Crippen LogP contribution in [0.3, 0.4) is 0 Å². The van der Waals surface area contributed by atoms with Crippen molar-refractivity contribution >= 4 is 23.3 Å². The number of urea groups is 1. The highest BCUT2D eigenvalue weighted by molar-refractivity contribution is 6.33. The molecule has 2 amide bonds. The molecule has 0 unspecified atom stereocenters. The summed E-state index contributed by atoms with van der Waals surface area (Å²) in [7, 11) is 0. The van der Waals surface area contributed by atoms with Crippen molar-refractivity contribution in [1.82, 2.24) is 9.47 Å². The lowest BCUT2D eigenvalue weighted by Gasteiger charge is -2.31. The molecule has 32 heavy (non-hydrogen) atoms. The Morgan fingerprint density at radius 1 is 0.938 bits per heavy atom. The Labute approximate surface area is 193 Å². The van der Waals surface area contributed by atoms with Gasteiger partial charge in [-0.15, -0.1) is 0 Å². The summed E-state index contributed by atoms with van der Waals surface area (Å²) >= 11 is 6.43. The van der Waals surface area contributed by atoms with Gasteiger partial charge in [-0.3, -0.25) is 0 Å². The first-order valence-electron chi connectivity index (χ1n) is 10.7. The van der Waals surface area contributed by atoms with E-state index in [2.05, 4.69) is 59.4 Å². The first-order chi connectivity index (χ1) is 15.5. The smallest absolute Gasteiger partial charge is 0.318 e. The van der Waals surface area contributed by atoms with Gasteiger partial charge in [-0.2, -0.15) is 0 Å². The predicted molar refractivity (Wildman–Crippen MR) is 130 cm³/mol. The molecule has 160 valence electrons. The van der Waals surface area contributed by atoms with Crippen molar-refractivity contribution in [1.29, 1.82) is 0 Å². The standard InChI is InChI=1S/C27H24ClN3O/c1-18-7-5-9-20(15-18)26-25-11-6-14-30(25)24-10-4-3-8-21(24)17-31(26)27(32)29-23-13-12-19(2)16-22(23)28/h3-16,26H,17H2,1-2H3,(H,29,32)/t26-/m0/s1. The van der Waals surface area contributed by atoms with Gasteiger partial charge < -0.3 is 14.8 Å². The fourth-order valence-electron chi connectivity index (χ4n) is 4.44. The van der Waals surface area contributed by atoms with Crippen LogP contribution in [0.4, 0.5) is 10.5 Å². The highest BCUT2D eigenvalue weighted by Crippen LogP contribution is 2.37. The summed E-state index contributed by atoms with van der Waals surface area (Å²) in [5, 5.41) is 3.58. The van der Waals surface area contributed by atoms with Gasteiger partial charge in [-0.25, -0.2) is 4.79 Å². The van der Waals surface area contributed by atoms with Crippen LogP contribution in [0.1, 0.15) is 34.0 Å². The average Bonchev–Trinajstić information content (AvgIpc) is 3.20. The number of halogens is 1. The maximum atomic E-state index is 13.7. The minimum atomic E-state index is -0.249. The van der Waals surface area contributed by atoms with Crippen LogP contribution in [0.5, 0.6) is 0 Å². The lowest BCUT2D eigenvalue weighted by molar-refractivity contribution is 0.194. The predicted octanol–water partition coefficient (Wildman–Crippen LogP) is 6.88. The molecular weight excluding hydrogens is 418 g/mol. The van der Waals surface area contributed by atoms with E-state index in [4.69, 9.17) is 11.6 Å². The Morgan fingerprint density at radius 2 is 1.75 bits per heavy atom. The maximum Gasteiger partial charge on any atom is 0.323 e. The van der Waals surface area contributed by atoms with E-state index in [0.29, 0.717) is 17.3 Å². The number of nitrogens with one attached hydrogen (secondary N) is 1. The van der Waals surface area contributed by atoms with Gasteiger partial charge in [0, 0.05) is 11.9 Å². The monoisotopic (exact) mass is 441 g/mol. The van der Waals surface area contributed by atoms with Gasteiger partial charge >= 0.3 is 6.03 Å². The Kier molecular flexibility index (Phi) is 5.24. The largest absolute Gasteiger partial charge is 0.323 e. The maximum absolute atomic E-state index is 13.7. The Bertz CT molecular complexity index is 1310. The SMILES string of the molecule is Cc1cccc([C@H]2c3cccn3-c3ccccc3CN2C(=O)Nc2ccc(C)cc2Cl)c1. The number of hydrogen-bond acceptors (Lipinski definition) is 1. The van der Waals surface area contributed by atoms with Crippen molar-refractivity contribution in [2.75, 3.05) is 5.32 Å². The molecule has 1 atom stereocenters. The third-order valence-corrected chi connectivity index (χ3v) is 6.26. The van der Waals surface area contributed by atoms with Crippen molar-refractivity contribution in [3.8, 4) is 5.69 Å². The van der Waals surface area contributed by atoms with Crippen LogP contribution in [0, 0.1) is 13.8 Å². The molecular formula is C27H24ClN3O. The minimum Gasteiger partial charge on any atom is -0.318 e. The van der Waals surface area contributed by atoms with E-state index >= 15 is 0 Å². The van der Waals surface area contributed by atoms with Gasteiger partial charge in [0.25, 0.3) is 0 Å². The quantitative estimate of drug-likeness (QED) is 0.361. The van der Waals surface area contributed by atoms with Crippen molar-refractivity contribution < 1.29 is 4.79 Å². The molecule has 5 heteroatoms. The van der Waals surface area contributed by atoms with Crippen molar-refractivity contribution in [2.24, 2.45) is 0 Å². The first kappa shape index (κ1) is 20.4. The third-order valence-electron chi connectivity index (χ3n) is 5.95. The van der Waals surface area contributed by atoms with E-state index in [0.717, 1.165) is 33.6 Å². The number of nitrogens with zero attached hydrogens (tertiary/aromatic N) is 2. The lowest BCUT2D eigenvalue weighted by Crippen LogP contribution is -2.38. The van der Waals surface area contributed by atoms with E-state index < -0.39 is 0 Å². The van der Waals surface area contributed by atoms with Gasteiger partial charge in [0.05, 0.1) is 29.0 Å². The molecule has 0 aliphatic carbocycles. The minimum absolute atomic E-state index is 0.188. The molecule has 2 heterocycles. The molecule has 1 N–H and O–H groups in total. The van der Waals surface area contributed by atoms with Crippen LogP contribution in [0.2, 0.25) is 5.02 Å². The summed E-state index contributed by atoms with van der Waals surface area (Å²) in [6, 6.07) is 25.9. The van der Waals surface area contributed by atoms with Gasteiger partial charge in [0.15, 0.2) is 0 Å². The zero-order valence-corrected chi connectivity index (χ0v) is 18.8. The number of aryl methyl sites for hydroxylation is 2. The van der Waals surface area contributed by atoms with Gasteiger partial charge in [0.2, 0.25) is 0 Å². The Morgan fingerprint density at radius 3 is 2.56 bits per heavy atom. The van der Waals surface area contributed by atoms with Gasteiger partial charge in [0.1, 0.15) is 0 Å². The average molecular weight is 442 g/mol. The summed E-state index contributed by atoms with van der Waals surface area (Å²) in [5.41, 5.74) is 7.11. The Hall–Kier alpha value is -3.50. The molecule has 0 spiro atoms. The highest BCUT2D eigenvalue weighted by Gasteiger charge is 2.33. The van der Waals surface area contributed by atoms with Crippen LogP contribution in [0.15, 0.2) is 85.1 Å². The van der Waals surface area contributed by atoms with E-state index in [1.807, 2.05) is 54.3 Å². The van der Waals surface area contributed by atoms with Gasteiger partial charge in [-0.05, 0) is 60.9 Å². The highest BCUT2D eigenvalue weighted by atomic mass is 35.5. The van der Waals surface area contributed by atoms with E-state index in [-0.39, 0.29) is 12.1 Å². The summed E-state index contributed by atoms with van der Waals surface area (Å²) in [6.07, 6.45) is 2.06. The summed E-state index contributed by atoms with van der Waals surface area (Å²) in [6.45, 7) is 4.53. The van der Waals surface area contributed by atoms with Crippen LogP contribution < -0.4 is 5.32 Å².